The van der Waals surface area contributed by atoms with Gasteiger partial charge in [-0.15, -0.1) is 0 Å². The lowest BCUT2D eigenvalue weighted by atomic mass is 10.3. The number of rotatable bonds is 4. The molecule has 7 heteroatoms. The molecule has 2 N–H and O–H groups in total. The first-order valence-corrected chi connectivity index (χ1v) is 4.36. The molecule has 0 bridgehead atoms. The molecular weight excluding hydrogens is 211 g/mol. The highest BCUT2D eigenvalue weighted by Crippen LogP contribution is 2.28. The molecule has 0 saturated carbocycles. The minimum atomic E-state index is -4.38. The van der Waals surface area contributed by atoms with Crippen LogP contribution in [0.4, 0.5) is 13.2 Å². The third-order valence-corrected chi connectivity index (χ3v) is 1.80. The van der Waals surface area contributed by atoms with Crippen LogP contribution in [0, 0.1) is 0 Å². The third kappa shape index (κ3) is 3.52. The lowest BCUT2D eigenvalue weighted by molar-refractivity contribution is -0.137. The average Bonchev–Trinajstić information content (AvgIpc) is 2.52. The fourth-order valence-corrected chi connectivity index (χ4v) is 1.13. The lowest BCUT2D eigenvalue weighted by Crippen LogP contribution is -2.28. The van der Waals surface area contributed by atoms with E-state index in [1.807, 2.05) is 0 Å². The van der Waals surface area contributed by atoms with E-state index < -0.39 is 17.8 Å². The van der Waals surface area contributed by atoms with Crippen molar-refractivity contribution in [1.29, 1.82) is 0 Å². The molecule has 0 radical (unpaired) electrons. The minimum Gasteiger partial charge on any atom is -0.390 e. The van der Waals surface area contributed by atoms with Crippen molar-refractivity contribution in [2.24, 2.45) is 0 Å². The van der Waals surface area contributed by atoms with Gasteiger partial charge in [-0.1, -0.05) is 0 Å². The highest BCUT2D eigenvalue weighted by Gasteiger charge is 2.32. The molecule has 1 heterocycles. The van der Waals surface area contributed by atoms with E-state index in [2.05, 4.69) is 10.4 Å². The second-order valence-electron chi connectivity index (χ2n) is 3.16. The van der Waals surface area contributed by atoms with Crippen molar-refractivity contribution in [3.05, 3.63) is 18.0 Å². The SMILES string of the molecule is CNCC(O)Cn1cc(C(F)(F)F)cn1. The zero-order valence-corrected chi connectivity index (χ0v) is 8.12. The molecule has 0 saturated heterocycles. The molecule has 0 aromatic carbocycles. The highest BCUT2D eigenvalue weighted by atomic mass is 19.4. The van der Waals surface area contributed by atoms with Crippen LogP contribution in [0.15, 0.2) is 12.4 Å². The number of aliphatic hydroxyl groups is 1. The number of hydrogen-bond acceptors (Lipinski definition) is 3. The largest absolute Gasteiger partial charge is 0.419 e. The Morgan fingerprint density at radius 1 is 1.60 bits per heavy atom. The maximum absolute atomic E-state index is 12.2. The van der Waals surface area contributed by atoms with E-state index in [0.29, 0.717) is 6.54 Å². The van der Waals surface area contributed by atoms with Crippen LogP contribution in [-0.2, 0) is 12.7 Å². The van der Waals surface area contributed by atoms with Crippen LogP contribution in [0.5, 0.6) is 0 Å². The monoisotopic (exact) mass is 223 g/mol. The maximum atomic E-state index is 12.2. The molecule has 1 rings (SSSR count). The molecule has 0 aliphatic rings. The predicted molar refractivity (Wildman–Crippen MR) is 47.2 cm³/mol. The van der Waals surface area contributed by atoms with Crippen molar-refractivity contribution in [2.45, 2.75) is 18.8 Å². The van der Waals surface area contributed by atoms with Crippen molar-refractivity contribution >= 4 is 0 Å². The van der Waals surface area contributed by atoms with Gasteiger partial charge in [0.2, 0.25) is 0 Å². The number of hydrogen-bond donors (Lipinski definition) is 2. The summed E-state index contributed by atoms with van der Waals surface area (Å²) in [6.07, 6.45) is -3.52. The predicted octanol–water partition coefficient (Wildman–Crippen LogP) is 0.482. The van der Waals surface area contributed by atoms with Crippen molar-refractivity contribution in [3.63, 3.8) is 0 Å². The van der Waals surface area contributed by atoms with Crippen LogP contribution < -0.4 is 5.32 Å². The number of halogens is 3. The Bertz CT molecular complexity index is 310. The minimum absolute atomic E-state index is 0.0386. The summed E-state index contributed by atoms with van der Waals surface area (Å²) in [6.45, 7) is 0.345. The van der Waals surface area contributed by atoms with Crippen LogP contribution in [0.1, 0.15) is 5.56 Å². The van der Waals surface area contributed by atoms with Gasteiger partial charge in [-0.25, -0.2) is 0 Å². The van der Waals surface area contributed by atoms with Crippen molar-refractivity contribution in [1.82, 2.24) is 15.1 Å². The topological polar surface area (TPSA) is 50.1 Å². The first-order valence-electron chi connectivity index (χ1n) is 4.36. The van der Waals surface area contributed by atoms with Crippen LogP contribution in [0.25, 0.3) is 0 Å². The summed E-state index contributed by atoms with van der Waals surface area (Å²) >= 11 is 0. The van der Waals surface area contributed by atoms with Crippen LogP contribution >= 0.6 is 0 Å². The van der Waals surface area contributed by atoms with Gasteiger partial charge in [-0.2, -0.15) is 18.3 Å². The average molecular weight is 223 g/mol. The Kier molecular flexibility index (Phi) is 3.70. The van der Waals surface area contributed by atoms with Gasteiger partial charge in [0.25, 0.3) is 0 Å². The van der Waals surface area contributed by atoms with Gasteiger partial charge in [-0.05, 0) is 7.05 Å². The molecule has 4 nitrogen and oxygen atoms in total. The Hall–Kier alpha value is -1.08. The standard InChI is InChI=1S/C8H12F3N3O/c1-12-3-7(15)5-14-4-6(2-13-14)8(9,10)11/h2,4,7,12,15H,3,5H2,1H3. The van der Waals surface area contributed by atoms with Crippen LogP contribution in [0.3, 0.4) is 0 Å². The first kappa shape index (κ1) is 12.0. The molecule has 15 heavy (non-hydrogen) atoms. The summed E-state index contributed by atoms with van der Waals surface area (Å²) < 4.78 is 37.5. The lowest BCUT2D eigenvalue weighted by Gasteiger charge is -2.09. The van der Waals surface area contributed by atoms with Gasteiger partial charge < -0.3 is 10.4 Å². The number of likely N-dealkylation sites (N-methyl/N-ethyl adjacent to an activating group) is 1. The zero-order chi connectivity index (χ0) is 11.5. The van der Waals surface area contributed by atoms with E-state index in [-0.39, 0.29) is 6.54 Å². The Morgan fingerprint density at radius 2 is 2.27 bits per heavy atom. The van der Waals surface area contributed by atoms with E-state index in [1.54, 1.807) is 7.05 Å². The Morgan fingerprint density at radius 3 is 2.73 bits per heavy atom. The second-order valence-corrected chi connectivity index (χ2v) is 3.16. The fourth-order valence-electron chi connectivity index (χ4n) is 1.13. The molecule has 86 valence electrons. The number of alkyl halides is 3. The number of aliphatic hydroxyl groups excluding tert-OH is 1. The summed E-state index contributed by atoms with van der Waals surface area (Å²) in [7, 11) is 1.65. The molecule has 1 aromatic heterocycles. The summed E-state index contributed by atoms with van der Waals surface area (Å²) in [5, 5.41) is 15.5. The summed E-state index contributed by atoms with van der Waals surface area (Å²) in [5.41, 5.74) is -0.806. The Balaban J connectivity index is 2.61. The second kappa shape index (κ2) is 4.63. The van der Waals surface area contributed by atoms with E-state index in [0.717, 1.165) is 17.1 Å². The van der Waals surface area contributed by atoms with Gasteiger partial charge in [0.15, 0.2) is 0 Å². The molecule has 0 spiro atoms. The van der Waals surface area contributed by atoms with E-state index in [4.69, 9.17) is 0 Å². The van der Waals surface area contributed by atoms with Gasteiger partial charge in [-0.3, -0.25) is 4.68 Å². The van der Waals surface area contributed by atoms with E-state index >= 15 is 0 Å². The molecule has 1 aromatic rings. The fraction of sp³-hybridized carbons (Fsp3) is 0.625. The zero-order valence-electron chi connectivity index (χ0n) is 8.12. The van der Waals surface area contributed by atoms with Gasteiger partial charge >= 0.3 is 6.18 Å². The Labute approximate surface area is 84.7 Å². The van der Waals surface area contributed by atoms with Crippen molar-refractivity contribution in [2.75, 3.05) is 13.6 Å². The summed E-state index contributed by atoms with van der Waals surface area (Å²) in [4.78, 5) is 0. The van der Waals surface area contributed by atoms with Crippen molar-refractivity contribution < 1.29 is 18.3 Å². The summed E-state index contributed by atoms with van der Waals surface area (Å²) in [6, 6.07) is 0. The first-order chi connectivity index (χ1) is 6.93. The van der Waals surface area contributed by atoms with Gasteiger partial charge in [0, 0.05) is 12.7 Å². The van der Waals surface area contributed by atoms with Crippen molar-refractivity contribution in [3.8, 4) is 0 Å². The molecule has 0 fully saturated rings. The molecule has 0 aliphatic heterocycles. The normalized spacial score (nSPS) is 14.2. The maximum Gasteiger partial charge on any atom is 0.419 e. The van der Waals surface area contributed by atoms with Gasteiger partial charge in [0.1, 0.15) is 0 Å². The molecule has 1 atom stereocenters. The third-order valence-electron chi connectivity index (χ3n) is 1.80. The molecule has 1 unspecified atom stereocenters. The molecule has 0 amide bonds. The number of nitrogens with zero attached hydrogens (tertiary/aromatic N) is 2. The molecule has 0 aliphatic carbocycles. The number of aromatic nitrogens is 2. The van der Waals surface area contributed by atoms with Crippen LogP contribution in [-0.4, -0.2) is 34.6 Å². The van der Waals surface area contributed by atoms with E-state index in [9.17, 15) is 18.3 Å². The highest BCUT2D eigenvalue weighted by molar-refractivity contribution is 5.08. The smallest absolute Gasteiger partial charge is 0.390 e. The quantitative estimate of drug-likeness (QED) is 0.780. The van der Waals surface area contributed by atoms with Crippen LogP contribution in [0.2, 0.25) is 0 Å². The van der Waals surface area contributed by atoms with E-state index in [1.165, 1.54) is 0 Å². The summed E-state index contributed by atoms with van der Waals surface area (Å²) in [5.74, 6) is 0. The number of nitrogens with one attached hydrogen (secondary N) is 1. The molecular formula is C8H12F3N3O. The van der Waals surface area contributed by atoms with Gasteiger partial charge in [0.05, 0.1) is 24.4 Å².